The van der Waals surface area contributed by atoms with Gasteiger partial charge in [0, 0.05) is 10.1 Å². The third-order valence-corrected chi connectivity index (χ3v) is 4.17. The van der Waals surface area contributed by atoms with Gasteiger partial charge in [-0.05, 0) is 24.6 Å². The molecule has 0 aliphatic carbocycles. The van der Waals surface area contributed by atoms with Crippen molar-refractivity contribution in [3.05, 3.63) is 34.5 Å². The van der Waals surface area contributed by atoms with E-state index in [1.54, 1.807) is 13.0 Å². The highest BCUT2D eigenvalue weighted by molar-refractivity contribution is 7.21. The van der Waals surface area contributed by atoms with Crippen molar-refractivity contribution in [2.24, 2.45) is 5.73 Å². The van der Waals surface area contributed by atoms with Crippen LogP contribution in [-0.4, -0.2) is 24.9 Å². The Kier molecular flexibility index (Phi) is 4.01. The van der Waals surface area contributed by atoms with Gasteiger partial charge in [-0.15, -0.1) is 11.3 Å². The number of hydrogen-bond donors (Lipinski definition) is 2. The number of fused-ring (bicyclic) bond motifs is 1. The van der Waals surface area contributed by atoms with Crippen LogP contribution in [0.2, 0.25) is 0 Å². The fourth-order valence-corrected chi connectivity index (χ4v) is 2.97. The summed E-state index contributed by atoms with van der Waals surface area (Å²) in [5.74, 6) is -4.22. The highest BCUT2D eigenvalue weighted by atomic mass is 32.1. The van der Waals surface area contributed by atoms with E-state index in [0.717, 1.165) is 11.3 Å². The lowest BCUT2D eigenvalue weighted by molar-refractivity contribution is 0.0119. The molecule has 0 aliphatic rings. The van der Waals surface area contributed by atoms with Gasteiger partial charge in [-0.1, -0.05) is 6.07 Å². The van der Waals surface area contributed by atoms with E-state index in [-0.39, 0.29) is 4.88 Å². The molecule has 0 spiro atoms. The van der Waals surface area contributed by atoms with Crippen molar-refractivity contribution in [1.29, 1.82) is 0 Å². The number of rotatable bonds is 4. The summed E-state index contributed by atoms with van der Waals surface area (Å²) in [5, 5.41) is 2.49. The molecule has 0 atom stereocenters. The second-order valence-corrected chi connectivity index (χ2v) is 5.46. The Balaban J connectivity index is 2.27. The van der Waals surface area contributed by atoms with Gasteiger partial charge in [-0.25, -0.2) is 13.2 Å². The summed E-state index contributed by atoms with van der Waals surface area (Å²) in [6.45, 7) is -0.0797. The molecule has 0 saturated carbocycles. The number of nitrogens with two attached hydrogens (primary N) is 1. The number of carbonyl (C=O) groups excluding carboxylic acids is 1. The van der Waals surface area contributed by atoms with E-state index in [0.29, 0.717) is 15.6 Å². The average molecular weight is 302 g/mol. The molecule has 1 aromatic heterocycles. The van der Waals surface area contributed by atoms with Crippen molar-refractivity contribution in [1.82, 2.24) is 5.32 Å². The first kappa shape index (κ1) is 14.8. The monoisotopic (exact) mass is 302 g/mol. The van der Waals surface area contributed by atoms with E-state index in [2.05, 4.69) is 5.32 Å². The number of nitrogens with one attached hydrogen (secondary N) is 1. The minimum Gasteiger partial charge on any atom is -0.345 e. The van der Waals surface area contributed by atoms with Gasteiger partial charge in [0.2, 0.25) is 0 Å². The average Bonchev–Trinajstić information content (AvgIpc) is 2.75. The topological polar surface area (TPSA) is 55.1 Å². The summed E-state index contributed by atoms with van der Waals surface area (Å²) in [5.41, 5.74) is 5.35. The second kappa shape index (κ2) is 5.41. The fourth-order valence-electron chi connectivity index (χ4n) is 1.83. The molecule has 1 amide bonds. The Hall–Kier alpha value is -1.60. The Labute approximate surface area is 117 Å². The van der Waals surface area contributed by atoms with Crippen LogP contribution >= 0.6 is 11.3 Å². The SMILES string of the molecule is Cc1c(C(=O)NCC(F)(F)CN)sc2cccc(F)c12. The van der Waals surface area contributed by atoms with Crippen LogP contribution in [0, 0.1) is 12.7 Å². The van der Waals surface area contributed by atoms with Gasteiger partial charge in [-0.2, -0.15) is 0 Å². The summed E-state index contributed by atoms with van der Waals surface area (Å²) in [4.78, 5) is 12.1. The highest BCUT2D eigenvalue weighted by Gasteiger charge is 2.28. The van der Waals surface area contributed by atoms with Crippen molar-refractivity contribution in [2.75, 3.05) is 13.1 Å². The minimum atomic E-state index is -3.15. The van der Waals surface area contributed by atoms with Gasteiger partial charge in [-0.3, -0.25) is 4.79 Å². The molecule has 2 aromatic rings. The first-order chi connectivity index (χ1) is 9.35. The molecule has 1 heterocycles. The largest absolute Gasteiger partial charge is 0.345 e. The summed E-state index contributed by atoms with van der Waals surface area (Å²) >= 11 is 1.08. The standard InChI is InChI=1S/C13H13F3N2OS/c1-7-10-8(14)3-2-4-9(10)20-11(7)12(19)18-6-13(15,16)5-17/h2-4H,5-6,17H2,1H3,(H,18,19). The number of thiophene rings is 1. The molecular weight excluding hydrogens is 289 g/mol. The van der Waals surface area contributed by atoms with E-state index < -0.39 is 30.7 Å². The quantitative estimate of drug-likeness (QED) is 0.912. The van der Waals surface area contributed by atoms with Crippen molar-refractivity contribution < 1.29 is 18.0 Å². The lowest BCUT2D eigenvalue weighted by atomic mass is 10.1. The minimum absolute atomic E-state index is 0.234. The zero-order chi connectivity index (χ0) is 14.9. The van der Waals surface area contributed by atoms with Crippen LogP contribution in [0.3, 0.4) is 0 Å². The molecule has 3 N–H and O–H groups in total. The third-order valence-electron chi connectivity index (χ3n) is 2.92. The number of halogens is 3. The summed E-state index contributed by atoms with van der Waals surface area (Å²) in [6, 6.07) is 4.52. The van der Waals surface area contributed by atoms with Crippen molar-refractivity contribution in [3.63, 3.8) is 0 Å². The Morgan fingerprint density at radius 1 is 1.45 bits per heavy atom. The van der Waals surface area contributed by atoms with Crippen LogP contribution in [0.1, 0.15) is 15.2 Å². The van der Waals surface area contributed by atoms with E-state index in [4.69, 9.17) is 5.73 Å². The predicted octanol–water partition coefficient (Wildman–Crippen LogP) is 2.67. The molecule has 3 nitrogen and oxygen atoms in total. The molecule has 108 valence electrons. The smallest absolute Gasteiger partial charge is 0.277 e. The van der Waals surface area contributed by atoms with Gasteiger partial charge in [0.25, 0.3) is 11.8 Å². The number of hydrogen-bond acceptors (Lipinski definition) is 3. The van der Waals surface area contributed by atoms with Crippen LogP contribution in [0.5, 0.6) is 0 Å². The van der Waals surface area contributed by atoms with E-state index in [1.807, 2.05) is 0 Å². The zero-order valence-electron chi connectivity index (χ0n) is 10.7. The van der Waals surface area contributed by atoms with Gasteiger partial charge in [0.15, 0.2) is 0 Å². The fraction of sp³-hybridized carbons (Fsp3) is 0.308. The molecular formula is C13H13F3N2OS. The highest BCUT2D eigenvalue weighted by Crippen LogP contribution is 2.32. The van der Waals surface area contributed by atoms with Gasteiger partial charge < -0.3 is 11.1 Å². The maximum atomic E-state index is 13.7. The third kappa shape index (κ3) is 2.78. The molecule has 1 aromatic carbocycles. The summed E-state index contributed by atoms with van der Waals surface area (Å²) in [7, 11) is 0. The molecule has 0 aliphatic heterocycles. The predicted molar refractivity (Wildman–Crippen MR) is 72.9 cm³/mol. The number of aryl methyl sites for hydroxylation is 1. The molecule has 0 bridgehead atoms. The normalized spacial score (nSPS) is 11.8. The molecule has 0 unspecified atom stereocenters. The second-order valence-electron chi connectivity index (χ2n) is 4.41. The summed E-state index contributed by atoms with van der Waals surface area (Å²) in [6.07, 6.45) is 0. The zero-order valence-corrected chi connectivity index (χ0v) is 11.5. The van der Waals surface area contributed by atoms with Crippen molar-refractivity contribution in [2.45, 2.75) is 12.8 Å². The number of alkyl halides is 2. The van der Waals surface area contributed by atoms with Gasteiger partial charge in [0.05, 0.1) is 18.0 Å². The Bertz CT molecular complexity index is 654. The number of benzene rings is 1. The van der Waals surface area contributed by atoms with Crippen LogP contribution in [-0.2, 0) is 0 Å². The molecule has 0 fully saturated rings. The number of amides is 1. The van der Waals surface area contributed by atoms with Crippen LogP contribution in [0.4, 0.5) is 13.2 Å². The van der Waals surface area contributed by atoms with Crippen molar-refractivity contribution >= 4 is 27.3 Å². The molecule has 7 heteroatoms. The van der Waals surface area contributed by atoms with E-state index in [1.165, 1.54) is 12.1 Å². The number of carbonyl (C=O) groups is 1. The molecule has 2 rings (SSSR count). The molecule has 20 heavy (non-hydrogen) atoms. The molecule has 0 radical (unpaired) electrons. The van der Waals surface area contributed by atoms with Crippen molar-refractivity contribution in [3.8, 4) is 0 Å². The first-order valence-electron chi connectivity index (χ1n) is 5.89. The lowest BCUT2D eigenvalue weighted by Gasteiger charge is -2.14. The Morgan fingerprint density at radius 3 is 2.75 bits per heavy atom. The van der Waals surface area contributed by atoms with E-state index >= 15 is 0 Å². The van der Waals surface area contributed by atoms with Gasteiger partial charge in [0.1, 0.15) is 5.82 Å². The lowest BCUT2D eigenvalue weighted by Crippen LogP contribution is -2.41. The first-order valence-corrected chi connectivity index (χ1v) is 6.71. The van der Waals surface area contributed by atoms with Gasteiger partial charge >= 0.3 is 0 Å². The summed E-state index contributed by atoms with van der Waals surface area (Å²) < 4.78 is 40.3. The van der Waals surface area contributed by atoms with Crippen LogP contribution in [0.15, 0.2) is 18.2 Å². The maximum absolute atomic E-state index is 13.7. The van der Waals surface area contributed by atoms with Crippen LogP contribution in [0.25, 0.3) is 10.1 Å². The molecule has 0 saturated heterocycles. The maximum Gasteiger partial charge on any atom is 0.277 e. The van der Waals surface area contributed by atoms with E-state index in [9.17, 15) is 18.0 Å². The van der Waals surface area contributed by atoms with Crippen LogP contribution < -0.4 is 11.1 Å². The Morgan fingerprint density at radius 2 is 2.15 bits per heavy atom.